The average molecular weight is 224 g/mol. The van der Waals surface area contributed by atoms with Gasteiger partial charge >= 0.3 is 5.97 Å². The first kappa shape index (κ1) is 17.1. The van der Waals surface area contributed by atoms with E-state index in [0.29, 0.717) is 5.56 Å². The molecule has 16 heavy (non-hydrogen) atoms. The van der Waals surface area contributed by atoms with E-state index in [4.69, 9.17) is 5.11 Å². The Morgan fingerprint density at radius 3 is 1.69 bits per heavy atom. The molecule has 0 heterocycles. The van der Waals surface area contributed by atoms with Crippen LogP contribution in [-0.2, 0) is 6.42 Å². The average Bonchev–Trinajstić information content (AvgIpc) is 2.33. The van der Waals surface area contributed by atoms with Crippen molar-refractivity contribution in [1.82, 2.24) is 0 Å². The van der Waals surface area contributed by atoms with Gasteiger partial charge in [-0.1, -0.05) is 53.2 Å². The lowest BCUT2D eigenvalue weighted by atomic mass is 10.1. The Kier molecular flexibility index (Phi) is 12.6. The Hall–Kier alpha value is -1.31. The van der Waals surface area contributed by atoms with Crippen LogP contribution in [0.3, 0.4) is 0 Å². The molecule has 0 radical (unpaired) electrons. The summed E-state index contributed by atoms with van der Waals surface area (Å²) in [5.74, 6) is -0.868. The van der Waals surface area contributed by atoms with Crippen molar-refractivity contribution in [3.63, 3.8) is 0 Å². The fraction of sp³-hybridized carbons (Fsp3) is 0.500. The van der Waals surface area contributed by atoms with Crippen LogP contribution < -0.4 is 0 Å². The van der Waals surface area contributed by atoms with Gasteiger partial charge in [-0.05, 0) is 24.1 Å². The van der Waals surface area contributed by atoms with E-state index in [2.05, 4.69) is 13.8 Å². The number of carboxylic acids is 1. The third-order valence-electron chi connectivity index (χ3n) is 1.61. The highest BCUT2D eigenvalue weighted by Crippen LogP contribution is 2.04. The first-order valence-corrected chi connectivity index (χ1v) is 5.97. The lowest BCUT2D eigenvalue weighted by Gasteiger charge is -1.96. The van der Waals surface area contributed by atoms with Gasteiger partial charge in [-0.25, -0.2) is 4.79 Å². The molecule has 0 saturated heterocycles. The Bertz CT molecular complexity index is 263. The van der Waals surface area contributed by atoms with Crippen molar-refractivity contribution in [2.45, 2.75) is 47.5 Å². The van der Waals surface area contributed by atoms with Crippen molar-refractivity contribution < 1.29 is 9.90 Å². The molecule has 2 nitrogen and oxygen atoms in total. The number of benzene rings is 1. The molecule has 0 unspecified atom stereocenters. The normalized spacial score (nSPS) is 8.06. The first-order valence-electron chi connectivity index (χ1n) is 5.97. The molecule has 1 N–H and O–H groups in total. The standard InChI is InChI=1S/C9H10O2.C3H8.C2H6/c1-2-7-3-5-8(6-4-7)9(10)11;1-3-2;1-2/h3-6H,2H2,1H3,(H,10,11);3H2,1-2H3;1-2H3. The summed E-state index contributed by atoms with van der Waals surface area (Å²) in [4.78, 5) is 10.4. The summed E-state index contributed by atoms with van der Waals surface area (Å²) in [6.07, 6.45) is 2.19. The van der Waals surface area contributed by atoms with Crippen molar-refractivity contribution in [1.29, 1.82) is 0 Å². The summed E-state index contributed by atoms with van der Waals surface area (Å²) in [7, 11) is 0. The molecule has 0 atom stereocenters. The van der Waals surface area contributed by atoms with Crippen LogP contribution in [0.1, 0.15) is 57.0 Å². The molecule has 0 spiro atoms. The van der Waals surface area contributed by atoms with Crippen LogP contribution in [0.2, 0.25) is 0 Å². The molecule has 0 bridgehead atoms. The number of rotatable bonds is 2. The van der Waals surface area contributed by atoms with Gasteiger partial charge in [0.2, 0.25) is 0 Å². The second-order valence-electron chi connectivity index (χ2n) is 3.06. The maximum Gasteiger partial charge on any atom is 0.335 e. The van der Waals surface area contributed by atoms with E-state index >= 15 is 0 Å². The van der Waals surface area contributed by atoms with Crippen molar-refractivity contribution >= 4 is 5.97 Å². The Morgan fingerprint density at radius 2 is 1.44 bits per heavy atom. The second kappa shape index (κ2) is 11.8. The molecule has 0 aliphatic rings. The molecule has 0 amide bonds. The Balaban J connectivity index is 0. The van der Waals surface area contributed by atoms with E-state index in [1.807, 2.05) is 32.9 Å². The van der Waals surface area contributed by atoms with Crippen LogP contribution in [0.5, 0.6) is 0 Å². The molecular weight excluding hydrogens is 200 g/mol. The van der Waals surface area contributed by atoms with Gasteiger partial charge in [0.15, 0.2) is 0 Å². The zero-order valence-corrected chi connectivity index (χ0v) is 11.1. The summed E-state index contributed by atoms with van der Waals surface area (Å²) < 4.78 is 0. The van der Waals surface area contributed by atoms with E-state index < -0.39 is 5.97 Å². The second-order valence-corrected chi connectivity index (χ2v) is 3.06. The van der Waals surface area contributed by atoms with E-state index in [9.17, 15) is 4.79 Å². The zero-order chi connectivity index (χ0) is 13.0. The van der Waals surface area contributed by atoms with Gasteiger partial charge in [0.25, 0.3) is 0 Å². The molecule has 0 aromatic heterocycles. The molecule has 0 aliphatic carbocycles. The zero-order valence-electron chi connectivity index (χ0n) is 11.1. The highest BCUT2D eigenvalue weighted by molar-refractivity contribution is 5.87. The third-order valence-corrected chi connectivity index (χ3v) is 1.61. The quantitative estimate of drug-likeness (QED) is 0.809. The van der Waals surface area contributed by atoms with Crippen molar-refractivity contribution in [3.8, 4) is 0 Å². The van der Waals surface area contributed by atoms with Crippen LogP contribution >= 0.6 is 0 Å². The number of carboxylic acid groups (broad SMARTS) is 1. The largest absolute Gasteiger partial charge is 0.478 e. The van der Waals surface area contributed by atoms with Gasteiger partial charge in [-0.2, -0.15) is 0 Å². The lowest BCUT2D eigenvalue weighted by molar-refractivity contribution is 0.0697. The van der Waals surface area contributed by atoms with Crippen molar-refractivity contribution in [2.24, 2.45) is 0 Å². The molecule has 0 aliphatic heterocycles. The molecular formula is C14H24O2. The smallest absolute Gasteiger partial charge is 0.335 e. The monoisotopic (exact) mass is 224 g/mol. The maximum atomic E-state index is 10.4. The number of hydrogen-bond donors (Lipinski definition) is 1. The maximum absolute atomic E-state index is 10.4. The molecule has 1 aromatic rings. The van der Waals surface area contributed by atoms with E-state index in [1.54, 1.807) is 12.1 Å². The van der Waals surface area contributed by atoms with Gasteiger partial charge in [0.1, 0.15) is 0 Å². The van der Waals surface area contributed by atoms with E-state index in [0.717, 1.165) is 12.0 Å². The fourth-order valence-electron chi connectivity index (χ4n) is 0.883. The van der Waals surface area contributed by atoms with Gasteiger partial charge in [-0.3, -0.25) is 0 Å². The predicted molar refractivity (Wildman–Crippen MR) is 70.1 cm³/mol. The number of aryl methyl sites for hydroxylation is 1. The fourth-order valence-corrected chi connectivity index (χ4v) is 0.883. The molecule has 0 saturated carbocycles. The summed E-state index contributed by atoms with van der Waals surface area (Å²) in [6, 6.07) is 6.93. The molecule has 1 rings (SSSR count). The van der Waals surface area contributed by atoms with Gasteiger partial charge in [0.05, 0.1) is 5.56 Å². The Morgan fingerprint density at radius 1 is 1.06 bits per heavy atom. The van der Waals surface area contributed by atoms with Crippen LogP contribution in [0.4, 0.5) is 0 Å². The van der Waals surface area contributed by atoms with Gasteiger partial charge < -0.3 is 5.11 Å². The molecule has 92 valence electrons. The van der Waals surface area contributed by atoms with Crippen molar-refractivity contribution in [3.05, 3.63) is 35.4 Å². The highest BCUT2D eigenvalue weighted by atomic mass is 16.4. The minimum absolute atomic E-state index is 0.349. The summed E-state index contributed by atoms with van der Waals surface area (Å²) in [5, 5.41) is 8.55. The van der Waals surface area contributed by atoms with Crippen LogP contribution in [0.15, 0.2) is 24.3 Å². The molecule has 0 fully saturated rings. The minimum Gasteiger partial charge on any atom is -0.478 e. The number of aromatic carboxylic acids is 1. The minimum atomic E-state index is -0.868. The third kappa shape index (κ3) is 8.04. The van der Waals surface area contributed by atoms with Gasteiger partial charge in [0, 0.05) is 0 Å². The van der Waals surface area contributed by atoms with Crippen molar-refractivity contribution in [2.75, 3.05) is 0 Å². The highest BCUT2D eigenvalue weighted by Gasteiger charge is 1.99. The summed E-state index contributed by atoms with van der Waals surface area (Å²) >= 11 is 0. The SMILES string of the molecule is CC.CCC.CCc1ccc(C(=O)O)cc1. The van der Waals surface area contributed by atoms with E-state index in [1.165, 1.54) is 6.42 Å². The summed E-state index contributed by atoms with van der Waals surface area (Å²) in [5.41, 5.74) is 1.51. The number of hydrogen-bond acceptors (Lipinski definition) is 1. The van der Waals surface area contributed by atoms with Crippen LogP contribution in [0.25, 0.3) is 0 Å². The molecule has 1 aromatic carbocycles. The first-order chi connectivity index (χ1) is 7.65. The van der Waals surface area contributed by atoms with Crippen LogP contribution in [-0.4, -0.2) is 11.1 Å². The van der Waals surface area contributed by atoms with Gasteiger partial charge in [-0.15, -0.1) is 0 Å². The molecule has 2 heteroatoms. The summed E-state index contributed by atoms with van der Waals surface area (Å²) in [6.45, 7) is 10.3. The topological polar surface area (TPSA) is 37.3 Å². The Labute approximate surface area is 99.3 Å². The van der Waals surface area contributed by atoms with Crippen LogP contribution in [0, 0.1) is 0 Å². The number of carbonyl (C=O) groups is 1. The van der Waals surface area contributed by atoms with E-state index in [-0.39, 0.29) is 0 Å². The lowest BCUT2D eigenvalue weighted by Crippen LogP contribution is -1.95. The predicted octanol–water partition coefficient (Wildman–Crippen LogP) is 4.39.